The monoisotopic (exact) mass is 490 g/mol. The van der Waals surface area contributed by atoms with Crippen molar-refractivity contribution < 1.29 is 19.1 Å². The topological polar surface area (TPSA) is 96.3 Å². The molecule has 178 valence electrons. The van der Waals surface area contributed by atoms with Crippen LogP contribution in [0.25, 0.3) is 11.3 Å². The Hall–Kier alpha value is -3.98. The Labute approximate surface area is 205 Å². The number of aromatic nitrogens is 2. The van der Waals surface area contributed by atoms with Gasteiger partial charge in [-0.1, -0.05) is 24.6 Å². The molecule has 2 heterocycles. The van der Waals surface area contributed by atoms with Gasteiger partial charge >= 0.3 is 6.03 Å². The van der Waals surface area contributed by atoms with Gasteiger partial charge in [-0.3, -0.25) is 4.79 Å². The lowest BCUT2D eigenvalue weighted by molar-refractivity contribution is 0.103. The Balaban J connectivity index is 1.37. The first kappa shape index (κ1) is 22.8. The number of anilines is 1. The number of nitrogens with zero attached hydrogens (tertiary/aromatic N) is 2. The summed E-state index contributed by atoms with van der Waals surface area (Å²) < 4.78 is 14.8. The highest BCUT2D eigenvalue weighted by Gasteiger charge is 2.27. The lowest BCUT2D eigenvalue weighted by atomic mass is 9.82. The molecule has 1 saturated carbocycles. The van der Waals surface area contributed by atoms with Crippen molar-refractivity contribution in [2.24, 2.45) is 0 Å². The first-order valence-electron chi connectivity index (χ1n) is 11.3. The number of rotatable bonds is 6. The smallest absolute Gasteiger partial charge is 0.342 e. The number of carbonyl (C=O) groups excluding carboxylic acids is 2. The summed E-state index contributed by atoms with van der Waals surface area (Å²) in [6.45, 7) is 0.166. The summed E-state index contributed by atoms with van der Waals surface area (Å²) in [6.07, 6.45) is 3.00. The number of halogens is 1. The molecule has 7 nitrogen and oxygen atoms in total. The number of hydrogen-bond acceptors (Lipinski definition) is 5. The number of phenols is 1. The Morgan fingerprint density at radius 3 is 2.66 bits per heavy atom. The number of benzene rings is 2. The van der Waals surface area contributed by atoms with Crippen LogP contribution in [0.5, 0.6) is 5.75 Å². The number of carbonyl (C=O) groups is 2. The van der Waals surface area contributed by atoms with E-state index in [0.29, 0.717) is 27.4 Å². The fourth-order valence-corrected chi connectivity index (χ4v) is 4.63. The van der Waals surface area contributed by atoms with E-state index >= 15 is 0 Å². The zero-order valence-corrected chi connectivity index (χ0v) is 19.5. The fraction of sp³-hybridized carbons (Fsp3) is 0.192. The average molecular weight is 491 g/mol. The van der Waals surface area contributed by atoms with E-state index in [0.717, 1.165) is 25.0 Å². The minimum Gasteiger partial charge on any atom is -0.507 e. The number of hydrogen-bond donors (Lipinski definition) is 3. The SMILES string of the molecule is O=C(Nc1ccc(-c2cc(C3CCC3)n(C(=O)NCc3cccc(F)c3)n2)c(O)c1)c1cccs1. The minimum atomic E-state index is -0.415. The van der Waals surface area contributed by atoms with Gasteiger partial charge < -0.3 is 15.7 Å². The highest BCUT2D eigenvalue weighted by Crippen LogP contribution is 2.39. The predicted octanol–water partition coefficient (Wildman–Crippen LogP) is 5.73. The van der Waals surface area contributed by atoms with Crippen molar-refractivity contribution in [3.8, 4) is 17.0 Å². The van der Waals surface area contributed by atoms with Crippen molar-refractivity contribution in [2.75, 3.05) is 5.32 Å². The fourth-order valence-electron chi connectivity index (χ4n) is 4.01. The molecule has 0 saturated heterocycles. The van der Waals surface area contributed by atoms with Crippen molar-refractivity contribution >= 4 is 29.0 Å². The van der Waals surface area contributed by atoms with Gasteiger partial charge in [0, 0.05) is 29.8 Å². The van der Waals surface area contributed by atoms with Crippen molar-refractivity contribution in [2.45, 2.75) is 31.7 Å². The maximum absolute atomic E-state index is 13.5. The molecule has 2 aromatic heterocycles. The van der Waals surface area contributed by atoms with E-state index in [1.54, 1.807) is 36.4 Å². The molecule has 2 amide bonds. The highest BCUT2D eigenvalue weighted by molar-refractivity contribution is 7.12. The lowest BCUT2D eigenvalue weighted by Crippen LogP contribution is -2.31. The van der Waals surface area contributed by atoms with Crippen molar-refractivity contribution in [3.63, 3.8) is 0 Å². The highest BCUT2D eigenvalue weighted by atomic mass is 32.1. The second-order valence-electron chi connectivity index (χ2n) is 8.45. The molecule has 3 N–H and O–H groups in total. The predicted molar refractivity (Wildman–Crippen MR) is 132 cm³/mol. The summed E-state index contributed by atoms with van der Waals surface area (Å²) in [5.41, 5.74) is 2.79. The van der Waals surface area contributed by atoms with Crippen molar-refractivity contribution in [3.05, 3.63) is 88.0 Å². The normalized spacial score (nSPS) is 13.3. The van der Waals surface area contributed by atoms with Gasteiger partial charge in [-0.25, -0.2) is 9.18 Å². The second-order valence-corrected chi connectivity index (χ2v) is 9.39. The van der Waals surface area contributed by atoms with Gasteiger partial charge in [-0.15, -0.1) is 11.3 Å². The van der Waals surface area contributed by atoms with E-state index < -0.39 is 6.03 Å². The summed E-state index contributed by atoms with van der Waals surface area (Å²) >= 11 is 1.33. The Morgan fingerprint density at radius 2 is 1.97 bits per heavy atom. The van der Waals surface area contributed by atoms with Crippen LogP contribution < -0.4 is 10.6 Å². The zero-order chi connectivity index (χ0) is 24.4. The van der Waals surface area contributed by atoms with Crippen LogP contribution in [0, 0.1) is 5.82 Å². The molecule has 4 aromatic rings. The molecule has 2 aromatic carbocycles. The standard InChI is InChI=1S/C26H23FN4O3S/c27-18-7-1-4-16(12-18)15-28-26(34)31-22(17-5-2-6-17)14-21(30-31)20-10-9-19(13-23(20)32)29-25(33)24-8-3-11-35-24/h1,3-4,7-14,17,32H,2,5-6,15H2,(H,28,34)(H,29,33). The second kappa shape index (κ2) is 9.71. The molecule has 0 atom stereocenters. The molecule has 35 heavy (non-hydrogen) atoms. The summed E-state index contributed by atoms with van der Waals surface area (Å²) in [4.78, 5) is 25.8. The summed E-state index contributed by atoms with van der Waals surface area (Å²) in [7, 11) is 0. The average Bonchev–Trinajstić information content (AvgIpc) is 3.47. The quantitative estimate of drug-likeness (QED) is 0.321. The molecule has 0 spiro atoms. The van der Waals surface area contributed by atoms with Crippen molar-refractivity contribution in [1.82, 2.24) is 15.1 Å². The molecule has 9 heteroatoms. The molecule has 0 bridgehead atoms. The third-order valence-electron chi connectivity index (χ3n) is 6.06. The first-order chi connectivity index (χ1) is 17.0. The van der Waals surface area contributed by atoms with Gasteiger partial charge in [0.05, 0.1) is 16.3 Å². The molecular weight excluding hydrogens is 467 g/mol. The number of aromatic hydroxyl groups is 1. The van der Waals surface area contributed by atoms with Crippen LogP contribution in [0.1, 0.15) is 46.1 Å². The van der Waals surface area contributed by atoms with Crippen molar-refractivity contribution in [1.29, 1.82) is 0 Å². The Bertz CT molecular complexity index is 1380. The van der Waals surface area contributed by atoms with Crippen LogP contribution in [0.4, 0.5) is 14.9 Å². The van der Waals surface area contributed by atoms with Crippen LogP contribution in [0.2, 0.25) is 0 Å². The van der Waals surface area contributed by atoms with Gasteiger partial charge in [-0.2, -0.15) is 9.78 Å². The third-order valence-corrected chi connectivity index (χ3v) is 6.93. The van der Waals surface area contributed by atoms with E-state index in [2.05, 4.69) is 15.7 Å². The molecule has 0 unspecified atom stereocenters. The van der Waals surface area contributed by atoms with Crippen LogP contribution in [-0.4, -0.2) is 26.8 Å². The van der Waals surface area contributed by atoms with E-state index in [-0.39, 0.29) is 29.9 Å². The molecule has 0 aliphatic heterocycles. The third kappa shape index (κ3) is 4.95. The van der Waals surface area contributed by atoms with Crippen LogP contribution in [0.3, 0.4) is 0 Å². The van der Waals surface area contributed by atoms with Crippen LogP contribution >= 0.6 is 11.3 Å². The number of phenolic OH excluding ortho intramolecular Hbond substituents is 1. The van der Waals surface area contributed by atoms with Crippen LogP contribution in [-0.2, 0) is 6.54 Å². The molecule has 1 fully saturated rings. The molecule has 1 aliphatic rings. The van der Waals surface area contributed by atoms with Crippen LogP contribution in [0.15, 0.2) is 66.0 Å². The van der Waals surface area contributed by atoms with Gasteiger partial charge in [0.2, 0.25) is 0 Å². The maximum Gasteiger partial charge on any atom is 0.342 e. The zero-order valence-electron chi connectivity index (χ0n) is 18.7. The van der Waals surface area contributed by atoms with Gasteiger partial charge in [-0.05, 0) is 60.2 Å². The molecular formula is C26H23FN4O3S. The Morgan fingerprint density at radius 1 is 1.11 bits per heavy atom. The summed E-state index contributed by atoms with van der Waals surface area (Å²) in [6, 6.07) is 15.8. The van der Waals surface area contributed by atoms with E-state index in [4.69, 9.17) is 0 Å². The number of nitrogens with one attached hydrogen (secondary N) is 2. The molecule has 5 rings (SSSR count). The van der Waals surface area contributed by atoms with E-state index in [1.807, 2.05) is 11.4 Å². The minimum absolute atomic E-state index is 0.0565. The maximum atomic E-state index is 13.5. The van der Waals surface area contributed by atoms with Gasteiger partial charge in [0.1, 0.15) is 11.6 Å². The number of thiophene rings is 1. The number of amides is 2. The molecule has 0 radical (unpaired) electrons. The van der Waals surface area contributed by atoms with Gasteiger partial charge in [0.15, 0.2) is 0 Å². The van der Waals surface area contributed by atoms with E-state index in [9.17, 15) is 19.1 Å². The Kier molecular flexibility index (Phi) is 6.33. The van der Waals surface area contributed by atoms with E-state index in [1.165, 1.54) is 34.2 Å². The largest absolute Gasteiger partial charge is 0.507 e. The first-order valence-corrected chi connectivity index (χ1v) is 12.2. The lowest BCUT2D eigenvalue weighted by Gasteiger charge is -2.25. The molecule has 1 aliphatic carbocycles. The summed E-state index contributed by atoms with van der Waals surface area (Å²) in [5, 5.41) is 22.6. The van der Waals surface area contributed by atoms with Gasteiger partial charge in [0.25, 0.3) is 5.91 Å². The summed E-state index contributed by atoms with van der Waals surface area (Å²) in [5.74, 6) is -0.459.